The Labute approximate surface area is 334 Å². The van der Waals surface area contributed by atoms with Gasteiger partial charge < -0.3 is 4.57 Å². The standard InChI is InChI=1S/C54H34N4/c1-4-16-35(17-5-1)43-33-47-48(34-44(43)39-28-29-51-45(31-39)41-24-12-14-26-49(41)57(51)40-22-8-3-9-23-40)55-54(56-53(47)36-18-6-2-7-19-36)58-50-27-15-13-25-42(50)46-30-37-20-10-11-21-38(37)32-52(46)58/h1-34H. The quantitative estimate of drug-likeness (QED) is 0.176. The molecule has 12 rings (SSSR count). The van der Waals surface area contributed by atoms with Crippen LogP contribution in [0.15, 0.2) is 206 Å². The number of hydrogen-bond acceptors (Lipinski definition) is 2. The second-order valence-corrected chi connectivity index (χ2v) is 15.0. The van der Waals surface area contributed by atoms with Crippen LogP contribution < -0.4 is 0 Å². The van der Waals surface area contributed by atoms with E-state index in [2.05, 4.69) is 215 Å². The normalized spacial score (nSPS) is 11.8. The highest BCUT2D eigenvalue weighted by Gasteiger charge is 2.21. The summed E-state index contributed by atoms with van der Waals surface area (Å²) in [6.45, 7) is 0. The highest BCUT2D eigenvalue weighted by atomic mass is 15.2. The third-order valence-electron chi connectivity index (χ3n) is 11.7. The van der Waals surface area contributed by atoms with Gasteiger partial charge in [-0.05, 0) is 93.7 Å². The van der Waals surface area contributed by atoms with Crippen LogP contribution in [0.1, 0.15) is 0 Å². The van der Waals surface area contributed by atoms with E-state index in [-0.39, 0.29) is 0 Å². The largest absolute Gasteiger partial charge is 0.309 e. The van der Waals surface area contributed by atoms with Crippen LogP contribution in [0.5, 0.6) is 0 Å². The number of para-hydroxylation sites is 3. The van der Waals surface area contributed by atoms with E-state index in [9.17, 15) is 0 Å². The average Bonchev–Trinajstić information content (AvgIpc) is 3.80. The molecule has 0 aliphatic rings. The highest BCUT2D eigenvalue weighted by molar-refractivity contribution is 6.14. The molecular weight excluding hydrogens is 705 g/mol. The van der Waals surface area contributed by atoms with Crippen LogP contribution in [-0.2, 0) is 0 Å². The van der Waals surface area contributed by atoms with Crippen LogP contribution >= 0.6 is 0 Å². The summed E-state index contributed by atoms with van der Waals surface area (Å²) >= 11 is 0. The number of hydrogen-bond donors (Lipinski definition) is 0. The maximum atomic E-state index is 5.51. The molecule has 0 unspecified atom stereocenters. The van der Waals surface area contributed by atoms with Crippen molar-refractivity contribution in [3.63, 3.8) is 0 Å². The van der Waals surface area contributed by atoms with Crippen molar-refractivity contribution in [2.24, 2.45) is 0 Å². The third-order valence-corrected chi connectivity index (χ3v) is 11.7. The van der Waals surface area contributed by atoms with Gasteiger partial charge in [0.15, 0.2) is 0 Å². The number of rotatable bonds is 5. The van der Waals surface area contributed by atoms with Crippen molar-refractivity contribution in [2.75, 3.05) is 0 Å². The smallest absolute Gasteiger partial charge is 0.235 e. The van der Waals surface area contributed by atoms with E-state index < -0.39 is 0 Å². The van der Waals surface area contributed by atoms with E-state index in [1.54, 1.807) is 0 Å². The van der Waals surface area contributed by atoms with Crippen molar-refractivity contribution in [3.8, 4) is 45.1 Å². The molecule has 4 heteroatoms. The zero-order chi connectivity index (χ0) is 38.2. The molecular formula is C54H34N4. The van der Waals surface area contributed by atoms with E-state index in [1.807, 2.05) is 0 Å². The Morgan fingerprint density at radius 3 is 1.59 bits per heavy atom. The molecule has 3 aromatic heterocycles. The minimum Gasteiger partial charge on any atom is -0.309 e. The molecule has 0 saturated carbocycles. The van der Waals surface area contributed by atoms with Crippen LogP contribution in [0.2, 0.25) is 0 Å². The van der Waals surface area contributed by atoms with Gasteiger partial charge in [-0.3, -0.25) is 4.57 Å². The van der Waals surface area contributed by atoms with Crippen molar-refractivity contribution in [1.29, 1.82) is 0 Å². The van der Waals surface area contributed by atoms with Crippen molar-refractivity contribution >= 4 is 65.3 Å². The first-order valence-corrected chi connectivity index (χ1v) is 19.7. The maximum absolute atomic E-state index is 5.51. The van der Waals surface area contributed by atoms with Gasteiger partial charge in [0.05, 0.1) is 33.3 Å². The predicted molar refractivity (Wildman–Crippen MR) is 242 cm³/mol. The van der Waals surface area contributed by atoms with Crippen LogP contribution in [-0.4, -0.2) is 19.1 Å². The molecule has 58 heavy (non-hydrogen) atoms. The van der Waals surface area contributed by atoms with E-state index in [1.165, 1.54) is 43.4 Å². The minimum atomic E-state index is 0.646. The molecule has 0 N–H and O–H groups in total. The number of benzene rings is 9. The van der Waals surface area contributed by atoms with Gasteiger partial charge in [0.25, 0.3) is 0 Å². The second-order valence-electron chi connectivity index (χ2n) is 15.0. The average molecular weight is 739 g/mol. The van der Waals surface area contributed by atoms with Crippen LogP contribution in [0, 0.1) is 0 Å². The lowest BCUT2D eigenvalue weighted by atomic mass is 9.91. The Balaban J connectivity index is 1.17. The Bertz CT molecular complexity index is 3550. The number of nitrogens with zero attached hydrogens (tertiary/aromatic N) is 4. The molecule has 9 aromatic carbocycles. The molecule has 0 fully saturated rings. The first kappa shape index (κ1) is 32.4. The van der Waals surface area contributed by atoms with Crippen LogP contribution in [0.4, 0.5) is 0 Å². The van der Waals surface area contributed by atoms with Gasteiger partial charge in [0, 0.05) is 38.2 Å². The lowest BCUT2D eigenvalue weighted by molar-refractivity contribution is 1.01. The van der Waals surface area contributed by atoms with Gasteiger partial charge >= 0.3 is 0 Å². The summed E-state index contributed by atoms with van der Waals surface area (Å²) in [5.74, 6) is 0.646. The van der Waals surface area contributed by atoms with Gasteiger partial charge in [-0.25, -0.2) is 9.97 Å². The molecule has 4 nitrogen and oxygen atoms in total. The second kappa shape index (κ2) is 12.9. The molecule has 0 aliphatic carbocycles. The van der Waals surface area contributed by atoms with Crippen molar-refractivity contribution in [1.82, 2.24) is 19.1 Å². The molecule has 0 aliphatic heterocycles. The molecule has 0 spiro atoms. The number of fused-ring (bicyclic) bond motifs is 8. The summed E-state index contributed by atoms with van der Waals surface area (Å²) in [5.41, 5.74) is 13.0. The van der Waals surface area contributed by atoms with E-state index in [4.69, 9.17) is 9.97 Å². The highest BCUT2D eigenvalue weighted by Crippen LogP contribution is 2.42. The molecule has 0 radical (unpaired) electrons. The molecule has 270 valence electrons. The van der Waals surface area contributed by atoms with Crippen molar-refractivity contribution in [3.05, 3.63) is 206 Å². The first-order chi connectivity index (χ1) is 28.8. The summed E-state index contributed by atoms with van der Waals surface area (Å²) in [7, 11) is 0. The van der Waals surface area contributed by atoms with Crippen LogP contribution in [0.25, 0.3) is 110 Å². The van der Waals surface area contributed by atoms with Gasteiger partial charge in [-0.2, -0.15) is 0 Å². The Morgan fingerprint density at radius 1 is 0.310 bits per heavy atom. The van der Waals surface area contributed by atoms with E-state index in [0.29, 0.717) is 5.95 Å². The zero-order valence-electron chi connectivity index (χ0n) is 31.4. The molecule has 12 aromatic rings. The molecule has 0 atom stereocenters. The van der Waals surface area contributed by atoms with Crippen LogP contribution in [0.3, 0.4) is 0 Å². The zero-order valence-corrected chi connectivity index (χ0v) is 31.4. The molecule has 3 heterocycles. The van der Waals surface area contributed by atoms with E-state index >= 15 is 0 Å². The summed E-state index contributed by atoms with van der Waals surface area (Å²) in [4.78, 5) is 11.0. The van der Waals surface area contributed by atoms with Gasteiger partial charge in [-0.15, -0.1) is 0 Å². The maximum Gasteiger partial charge on any atom is 0.235 e. The fourth-order valence-electron chi connectivity index (χ4n) is 9.04. The predicted octanol–water partition coefficient (Wildman–Crippen LogP) is 14.0. The van der Waals surface area contributed by atoms with Gasteiger partial charge in [-0.1, -0.05) is 146 Å². The fraction of sp³-hybridized carbons (Fsp3) is 0. The third kappa shape index (κ3) is 5.02. The Morgan fingerprint density at radius 2 is 0.862 bits per heavy atom. The fourth-order valence-corrected chi connectivity index (χ4v) is 9.04. The van der Waals surface area contributed by atoms with Gasteiger partial charge in [0.1, 0.15) is 0 Å². The Kier molecular flexibility index (Phi) is 7.20. The summed E-state index contributed by atoms with van der Waals surface area (Å²) in [6.07, 6.45) is 0. The summed E-state index contributed by atoms with van der Waals surface area (Å²) in [5, 5.41) is 8.19. The van der Waals surface area contributed by atoms with Crippen molar-refractivity contribution < 1.29 is 0 Å². The van der Waals surface area contributed by atoms with Gasteiger partial charge in [0.2, 0.25) is 5.95 Å². The van der Waals surface area contributed by atoms with E-state index in [0.717, 1.165) is 61.1 Å². The summed E-state index contributed by atoms with van der Waals surface area (Å²) < 4.78 is 4.62. The monoisotopic (exact) mass is 738 g/mol. The minimum absolute atomic E-state index is 0.646. The number of aromatic nitrogens is 4. The first-order valence-electron chi connectivity index (χ1n) is 19.7. The molecule has 0 amide bonds. The SMILES string of the molecule is c1ccc(-c2cc3c(-c4ccccc4)nc(-n4c5ccccc5c5cc6ccccc6cc54)nc3cc2-c2ccc3c(c2)c2ccccc2n3-c2ccccc2)cc1. The van der Waals surface area contributed by atoms with Crippen molar-refractivity contribution in [2.45, 2.75) is 0 Å². The lowest BCUT2D eigenvalue weighted by Gasteiger charge is -2.16. The Hall–Kier alpha value is -7.82. The summed E-state index contributed by atoms with van der Waals surface area (Å²) in [6, 6.07) is 73.9. The molecule has 0 saturated heterocycles. The molecule has 0 bridgehead atoms. The lowest BCUT2D eigenvalue weighted by Crippen LogP contribution is -2.04. The topological polar surface area (TPSA) is 35.6 Å².